The van der Waals surface area contributed by atoms with Gasteiger partial charge in [-0.05, 0) is 67.3 Å². The summed E-state index contributed by atoms with van der Waals surface area (Å²) in [6.07, 6.45) is 4.88. The van der Waals surface area contributed by atoms with Crippen LogP contribution in [0.2, 0.25) is 0 Å². The number of methoxy groups -OCH3 is 1. The van der Waals surface area contributed by atoms with Crippen molar-refractivity contribution in [3.8, 4) is 16.9 Å². The molecule has 6 N–H and O–H groups in total. The number of amides is 2. The van der Waals surface area contributed by atoms with Crippen LogP contribution in [0.25, 0.3) is 17.2 Å². The zero-order chi connectivity index (χ0) is 30.1. The Kier molecular flexibility index (Phi) is 10.3. The van der Waals surface area contributed by atoms with Crippen molar-refractivity contribution in [3.05, 3.63) is 83.2 Å². The van der Waals surface area contributed by atoms with Gasteiger partial charge in [-0.2, -0.15) is 0 Å². The normalized spacial score (nSPS) is 11.9. The summed E-state index contributed by atoms with van der Waals surface area (Å²) in [5.74, 6) is -1.61. The van der Waals surface area contributed by atoms with Crippen molar-refractivity contribution in [1.82, 2.24) is 10.3 Å². The van der Waals surface area contributed by atoms with Gasteiger partial charge in [0.15, 0.2) is 5.69 Å². The number of aromatic carboxylic acids is 1. The second kappa shape index (κ2) is 13.9. The molecule has 1 saturated carbocycles. The first kappa shape index (κ1) is 30.6. The standard InChI is InChI=1S/C28H27N5O5.C3H8/c1-3-16-12-21(26(34)32-18-8-6-17(7-9-18)25(29)30)20(13-23(16)38-2)19-10-11-22(33-24(19)28(36)37)27(35)31-14-15-4-5-15;1-3-2/h3,6-13,15H,1,4-5,14H2,2H3,(H3,29,30)(H,31,35)(H,32,34)(H,36,37);3H2,1-2H3. The van der Waals surface area contributed by atoms with Gasteiger partial charge in [-0.3, -0.25) is 15.0 Å². The van der Waals surface area contributed by atoms with Crippen molar-refractivity contribution in [2.45, 2.75) is 33.1 Å². The summed E-state index contributed by atoms with van der Waals surface area (Å²) in [4.78, 5) is 42.3. The summed E-state index contributed by atoms with van der Waals surface area (Å²) in [5, 5.41) is 23.0. The average molecular weight is 558 g/mol. The van der Waals surface area contributed by atoms with Gasteiger partial charge in [0, 0.05) is 40.0 Å². The molecule has 10 heteroatoms. The van der Waals surface area contributed by atoms with Crippen LogP contribution >= 0.6 is 0 Å². The third-order valence-corrected chi connectivity index (χ3v) is 6.16. The van der Waals surface area contributed by atoms with Gasteiger partial charge in [-0.15, -0.1) is 0 Å². The molecule has 1 heterocycles. The van der Waals surface area contributed by atoms with Gasteiger partial charge in [0.05, 0.1) is 7.11 Å². The van der Waals surface area contributed by atoms with E-state index in [-0.39, 0.29) is 33.9 Å². The van der Waals surface area contributed by atoms with Crippen molar-refractivity contribution in [3.63, 3.8) is 0 Å². The number of carboxylic acids is 1. The highest BCUT2D eigenvalue weighted by Gasteiger charge is 2.25. The van der Waals surface area contributed by atoms with E-state index >= 15 is 0 Å². The summed E-state index contributed by atoms with van der Waals surface area (Å²) in [5.41, 5.74) is 7.09. The predicted octanol–water partition coefficient (Wildman–Crippen LogP) is 5.19. The quantitative estimate of drug-likeness (QED) is 0.169. The maximum atomic E-state index is 13.4. The molecule has 0 radical (unpaired) electrons. The minimum atomic E-state index is -1.35. The minimum absolute atomic E-state index is 0.0296. The fraction of sp³-hybridized carbons (Fsp3) is 0.258. The summed E-state index contributed by atoms with van der Waals surface area (Å²) < 4.78 is 5.44. The lowest BCUT2D eigenvalue weighted by molar-refractivity contribution is 0.0691. The second-order valence-electron chi connectivity index (χ2n) is 9.55. The number of hydrogen-bond donors (Lipinski definition) is 5. The Balaban J connectivity index is 0.00000147. The van der Waals surface area contributed by atoms with E-state index in [4.69, 9.17) is 15.9 Å². The van der Waals surface area contributed by atoms with E-state index in [2.05, 4.69) is 36.0 Å². The van der Waals surface area contributed by atoms with Crippen LogP contribution in [0.5, 0.6) is 5.75 Å². The Morgan fingerprint density at radius 2 is 1.76 bits per heavy atom. The molecule has 0 atom stereocenters. The van der Waals surface area contributed by atoms with E-state index in [1.54, 1.807) is 36.4 Å². The van der Waals surface area contributed by atoms with Crippen LogP contribution in [0.3, 0.4) is 0 Å². The van der Waals surface area contributed by atoms with E-state index < -0.39 is 17.8 Å². The van der Waals surface area contributed by atoms with Crippen LogP contribution in [0.15, 0.2) is 55.1 Å². The van der Waals surface area contributed by atoms with Crippen LogP contribution in [0.1, 0.15) is 75.6 Å². The number of anilines is 1. The Labute approximate surface area is 239 Å². The highest BCUT2D eigenvalue weighted by atomic mass is 16.5. The first-order valence-electron chi connectivity index (χ1n) is 13.3. The van der Waals surface area contributed by atoms with Gasteiger partial charge in [0.25, 0.3) is 11.8 Å². The smallest absolute Gasteiger partial charge is 0.355 e. The molecule has 0 bridgehead atoms. The Morgan fingerprint density at radius 3 is 2.29 bits per heavy atom. The van der Waals surface area contributed by atoms with E-state index in [1.165, 1.54) is 31.7 Å². The monoisotopic (exact) mass is 557 g/mol. The lowest BCUT2D eigenvalue weighted by atomic mass is 9.94. The minimum Gasteiger partial charge on any atom is -0.496 e. The van der Waals surface area contributed by atoms with E-state index in [0.717, 1.165) is 12.8 Å². The second-order valence-corrected chi connectivity index (χ2v) is 9.55. The summed E-state index contributed by atoms with van der Waals surface area (Å²) in [6.45, 7) is 8.54. The van der Waals surface area contributed by atoms with Crippen LogP contribution in [-0.4, -0.2) is 47.4 Å². The number of pyridine rings is 1. The third-order valence-electron chi connectivity index (χ3n) is 6.16. The maximum Gasteiger partial charge on any atom is 0.355 e. The molecule has 1 aliphatic carbocycles. The number of carboxylic acid groups (broad SMARTS) is 1. The third kappa shape index (κ3) is 7.78. The first-order chi connectivity index (χ1) is 19.6. The van der Waals surface area contributed by atoms with Crippen molar-refractivity contribution < 1.29 is 24.2 Å². The van der Waals surface area contributed by atoms with Crippen molar-refractivity contribution in [2.24, 2.45) is 11.7 Å². The Hall–Kier alpha value is -4.99. The molecule has 2 aromatic carbocycles. The van der Waals surface area contributed by atoms with Gasteiger partial charge in [-0.25, -0.2) is 9.78 Å². The summed E-state index contributed by atoms with van der Waals surface area (Å²) in [6, 6.07) is 12.4. The molecule has 1 aliphatic rings. The zero-order valence-electron chi connectivity index (χ0n) is 23.4. The zero-order valence-corrected chi connectivity index (χ0v) is 23.4. The molecule has 0 aliphatic heterocycles. The predicted molar refractivity (Wildman–Crippen MR) is 160 cm³/mol. The molecule has 41 heavy (non-hydrogen) atoms. The highest BCUT2D eigenvalue weighted by Crippen LogP contribution is 2.34. The largest absolute Gasteiger partial charge is 0.496 e. The number of nitrogens with two attached hydrogens (primary N) is 1. The number of nitrogens with one attached hydrogen (secondary N) is 3. The number of carbonyl (C=O) groups excluding carboxylic acids is 2. The lowest BCUT2D eigenvalue weighted by Crippen LogP contribution is -2.27. The van der Waals surface area contributed by atoms with Crippen LogP contribution in [-0.2, 0) is 0 Å². The lowest BCUT2D eigenvalue weighted by Gasteiger charge is -2.16. The topological polar surface area (TPSA) is 167 Å². The molecule has 2 amide bonds. The van der Waals surface area contributed by atoms with Crippen molar-refractivity contribution in [1.29, 1.82) is 5.41 Å². The molecular weight excluding hydrogens is 522 g/mol. The number of benzene rings is 2. The average Bonchev–Trinajstić information content (AvgIpc) is 3.80. The highest BCUT2D eigenvalue weighted by molar-refractivity contribution is 6.11. The molecule has 3 aromatic rings. The first-order valence-corrected chi connectivity index (χ1v) is 13.3. The van der Waals surface area contributed by atoms with E-state index in [1.807, 2.05) is 0 Å². The molecule has 0 spiro atoms. The molecule has 1 fully saturated rings. The molecule has 0 unspecified atom stereocenters. The van der Waals surface area contributed by atoms with Crippen LogP contribution < -0.4 is 21.1 Å². The molecular formula is C31H35N5O5. The van der Waals surface area contributed by atoms with Crippen LogP contribution in [0.4, 0.5) is 5.69 Å². The van der Waals surface area contributed by atoms with Crippen molar-refractivity contribution >= 4 is 35.4 Å². The maximum absolute atomic E-state index is 13.4. The number of ether oxygens (including phenoxy) is 1. The Bertz CT molecular complexity index is 1460. The van der Waals surface area contributed by atoms with Crippen LogP contribution in [0, 0.1) is 11.3 Å². The molecule has 4 rings (SSSR count). The van der Waals surface area contributed by atoms with Gasteiger partial charge < -0.3 is 26.2 Å². The number of nitrogen functional groups attached to an aromatic ring is 1. The van der Waals surface area contributed by atoms with E-state index in [9.17, 15) is 19.5 Å². The number of rotatable bonds is 10. The fourth-order valence-electron chi connectivity index (χ4n) is 3.89. The number of nitrogens with zero attached hydrogens (tertiary/aromatic N) is 1. The molecule has 1 aromatic heterocycles. The molecule has 10 nitrogen and oxygen atoms in total. The number of carbonyl (C=O) groups is 3. The summed E-state index contributed by atoms with van der Waals surface area (Å²) >= 11 is 0. The van der Waals surface area contributed by atoms with Gasteiger partial charge >= 0.3 is 5.97 Å². The fourth-order valence-corrected chi connectivity index (χ4v) is 3.89. The SMILES string of the molecule is C=Cc1cc(C(=O)Nc2ccc(C(=N)N)cc2)c(-c2ccc(C(=O)NCC3CC3)nc2C(=O)O)cc1OC.CCC. The van der Waals surface area contributed by atoms with E-state index in [0.29, 0.717) is 35.0 Å². The number of amidine groups is 1. The number of hydrogen-bond acceptors (Lipinski definition) is 6. The summed E-state index contributed by atoms with van der Waals surface area (Å²) in [7, 11) is 1.45. The molecule has 0 saturated heterocycles. The van der Waals surface area contributed by atoms with Gasteiger partial charge in [-0.1, -0.05) is 32.9 Å². The number of aromatic nitrogens is 1. The van der Waals surface area contributed by atoms with Crippen molar-refractivity contribution in [2.75, 3.05) is 19.0 Å². The van der Waals surface area contributed by atoms with Gasteiger partial charge in [0.1, 0.15) is 17.3 Å². The molecule has 214 valence electrons. The Morgan fingerprint density at radius 1 is 1.10 bits per heavy atom. The van der Waals surface area contributed by atoms with Gasteiger partial charge in [0.2, 0.25) is 0 Å².